The molecule has 0 aromatic rings. The molecule has 1 saturated heterocycles. The Morgan fingerprint density at radius 3 is 2.71 bits per heavy atom. The Morgan fingerprint density at radius 2 is 2.18 bits per heavy atom. The number of carbonyl (C=O) groups excluding carboxylic acids is 1. The van der Waals surface area contributed by atoms with Crippen molar-refractivity contribution in [2.45, 2.75) is 32.1 Å². The first-order valence-corrected chi connectivity index (χ1v) is 7.29. The van der Waals surface area contributed by atoms with Gasteiger partial charge < -0.3 is 10.1 Å². The molecule has 7 heteroatoms. The maximum atomic E-state index is 12.1. The van der Waals surface area contributed by atoms with Gasteiger partial charge in [-0.15, -0.1) is 0 Å². The molecule has 6 nitrogen and oxygen atoms in total. The molecular formula is C10H20N2O4S. The van der Waals surface area contributed by atoms with Gasteiger partial charge in [-0.1, -0.05) is 0 Å². The molecule has 0 aromatic carbocycles. The van der Waals surface area contributed by atoms with Crippen LogP contribution in [0.5, 0.6) is 0 Å². The van der Waals surface area contributed by atoms with E-state index in [4.69, 9.17) is 4.74 Å². The van der Waals surface area contributed by atoms with Gasteiger partial charge in [0, 0.05) is 19.6 Å². The van der Waals surface area contributed by atoms with E-state index < -0.39 is 27.3 Å². The van der Waals surface area contributed by atoms with Crippen LogP contribution in [0, 0.1) is 0 Å². The standard InChI is InChI=1S/C10H20N2O4S/c1-4-16-10(13)9-7-11-5-6-12(9)17(14,15)8(2)3/h8-9,11H,4-7H2,1-3H3. The van der Waals surface area contributed by atoms with Gasteiger partial charge in [-0.2, -0.15) is 4.31 Å². The first-order valence-electron chi connectivity index (χ1n) is 5.79. The summed E-state index contributed by atoms with van der Waals surface area (Å²) in [6.07, 6.45) is 0. The van der Waals surface area contributed by atoms with Crippen molar-refractivity contribution in [2.75, 3.05) is 26.2 Å². The SMILES string of the molecule is CCOC(=O)C1CNCCN1S(=O)(=O)C(C)C. The van der Waals surface area contributed by atoms with Crippen molar-refractivity contribution in [2.24, 2.45) is 0 Å². The molecule has 0 aromatic heterocycles. The fraction of sp³-hybridized carbons (Fsp3) is 0.900. The van der Waals surface area contributed by atoms with Gasteiger partial charge in [0.15, 0.2) is 0 Å². The third kappa shape index (κ3) is 3.17. The second-order valence-corrected chi connectivity index (χ2v) is 6.62. The maximum absolute atomic E-state index is 12.1. The van der Waals surface area contributed by atoms with E-state index in [2.05, 4.69) is 5.32 Å². The van der Waals surface area contributed by atoms with Gasteiger partial charge in [0.25, 0.3) is 0 Å². The van der Waals surface area contributed by atoms with E-state index in [0.717, 1.165) is 0 Å². The smallest absolute Gasteiger partial charge is 0.325 e. The van der Waals surface area contributed by atoms with Crippen LogP contribution in [0.1, 0.15) is 20.8 Å². The van der Waals surface area contributed by atoms with Crippen molar-refractivity contribution in [3.63, 3.8) is 0 Å². The van der Waals surface area contributed by atoms with E-state index in [1.807, 2.05) is 0 Å². The molecule has 0 radical (unpaired) electrons. The topological polar surface area (TPSA) is 75.7 Å². The Morgan fingerprint density at radius 1 is 1.53 bits per heavy atom. The Labute approximate surface area is 102 Å². The number of nitrogens with one attached hydrogen (secondary N) is 1. The number of nitrogens with zero attached hydrogens (tertiary/aromatic N) is 1. The van der Waals surface area contributed by atoms with Crippen LogP contribution in [0.4, 0.5) is 0 Å². The second kappa shape index (κ2) is 5.79. The lowest BCUT2D eigenvalue weighted by Crippen LogP contribution is -2.58. The average molecular weight is 264 g/mol. The molecule has 1 N–H and O–H groups in total. The van der Waals surface area contributed by atoms with E-state index in [1.54, 1.807) is 20.8 Å². The van der Waals surface area contributed by atoms with Crippen LogP contribution in [0.3, 0.4) is 0 Å². The predicted molar refractivity (Wildman–Crippen MR) is 64.1 cm³/mol. The Bertz CT molecular complexity index is 367. The lowest BCUT2D eigenvalue weighted by atomic mass is 10.2. The van der Waals surface area contributed by atoms with E-state index in [0.29, 0.717) is 19.6 Å². The molecule has 0 spiro atoms. The van der Waals surface area contributed by atoms with Gasteiger partial charge in [0.1, 0.15) is 6.04 Å². The number of hydrogen-bond donors (Lipinski definition) is 1. The molecule has 1 fully saturated rings. The molecule has 1 aliphatic heterocycles. The summed E-state index contributed by atoms with van der Waals surface area (Å²) in [6, 6.07) is -0.740. The summed E-state index contributed by atoms with van der Waals surface area (Å²) in [5.74, 6) is -0.482. The molecule has 1 unspecified atom stereocenters. The van der Waals surface area contributed by atoms with Gasteiger partial charge in [0.2, 0.25) is 10.0 Å². The number of hydrogen-bond acceptors (Lipinski definition) is 5. The lowest BCUT2D eigenvalue weighted by molar-refractivity contribution is -0.148. The first-order chi connectivity index (χ1) is 7.91. The fourth-order valence-electron chi connectivity index (χ4n) is 1.70. The number of sulfonamides is 1. The minimum atomic E-state index is -3.42. The monoisotopic (exact) mass is 264 g/mol. The Kier molecular flexibility index (Phi) is 4.91. The van der Waals surface area contributed by atoms with Crippen molar-refractivity contribution in [1.29, 1.82) is 0 Å². The quantitative estimate of drug-likeness (QED) is 0.697. The van der Waals surface area contributed by atoms with E-state index in [-0.39, 0.29) is 6.61 Å². The molecule has 1 rings (SSSR count). The summed E-state index contributed by atoms with van der Waals surface area (Å²) < 4.78 is 30.3. The molecule has 1 atom stereocenters. The molecule has 0 saturated carbocycles. The Hall–Kier alpha value is -0.660. The van der Waals surface area contributed by atoms with Gasteiger partial charge in [0.05, 0.1) is 11.9 Å². The van der Waals surface area contributed by atoms with Crippen molar-refractivity contribution in [3.05, 3.63) is 0 Å². The largest absolute Gasteiger partial charge is 0.465 e. The van der Waals surface area contributed by atoms with Crippen LogP contribution in [-0.2, 0) is 19.6 Å². The second-order valence-electron chi connectivity index (χ2n) is 4.18. The van der Waals surface area contributed by atoms with E-state index in [9.17, 15) is 13.2 Å². The number of rotatable bonds is 4. The highest BCUT2D eigenvalue weighted by Gasteiger charge is 2.38. The van der Waals surface area contributed by atoms with Crippen LogP contribution in [0.25, 0.3) is 0 Å². The van der Waals surface area contributed by atoms with Crippen LogP contribution in [0.2, 0.25) is 0 Å². The van der Waals surface area contributed by atoms with Gasteiger partial charge in [-0.05, 0) is 20.8 Å². The van der Waals surface area contributed by atoms with Crippen molar-refractivity contribution in [1.82, 2.24) is 9.62 Å². The van der Waals surface area contributed by atoms with Crippen molar-refractivity contribution < 1.29 is 17.9 Å². The van der Waals surface area contributed by atoms with Crippen molar-refractivity contribution in [3.8, 4) is 0 Å². The zero-order valence-corrected chi connectivity index (χ0v) is 11.3. The molecule has 0 amide bonds. The first kappa shape index (κ1) is 14.4. The van der Waals surface area contributed by atoms with Gasteiger partial charge in [-0.25, -0.2) is 8.42 Å². The third-order valence-electron chi connectivity index (χ3n) is 2.68. The van der Waals surface area contributed by atoms with Crippen LogP contribution in [0.15, 0.2) is 0 Å². The number of piperazine rings is 1. The van der Waals surface area contributed by atoms with E-state index in [1.165, 1.54) is 4.31 Å². The highest BCUT2D eigenvalue weighted by molar-refractivity contribution is 7.89. The summed E-state index contributed by atoms with van der Waals surface area (Å²) in [5, 5.41) is 2.48. The zero-order valence-electron chi connectivity index (χ0n) is 10.5. The van der Waals surface area contributed by atoms with Crippen LogP contribution < -0.4 is 5.32 Å². The summed E-state index contributed by atoms with van der Waals surface area (Å²) in [6.45, 7) is 6.36. The molecule has 100 valence electrons. The maximum Gasteiger partial charge on any atom is 0.325 e. The summed E-state index contributed by atoms with van der Waals surface area (Å²) in [4.78, 5) is 11.7. The number of ether oxygens (including phenoxy) is 1. The molecule has 0 bridgehead atoms. The molecule has 0 aliphatic carbocycles. The van der Waals surface area contributed by atoms with E-state index >= 15 is 0 Å². The normalized spacial score (nSPS) is 22.7. The highest BCUT2D eigenvalue weighted by atomic mass is 32.2. The number of esters is 1. The fourth-order valence-corrected chi connectivity index (χ4v) is 3.10. The molecule has 1 heterocycles. The predicted octanol–water partition coefficient (Wildman–Crippen LogP) is -0.438. The summed E-state index contributed by atoms with van der Waals surface area (Å²) >= 11 is 0. The third-order valence-corrected chi connectivity index (χ3v) is 4.96. The average Bonchev–Trinajstić information content (AvgIpc) is 2.29. The highest BCUT2D eigenvalue weighted by Crippen LogP contribution is 2.15. The Balaban J connectivity index is 2.90. The summed E-state index contributed by atoms with van der Waals surface area (Å²) in [7, 11) is -3.42. The summed E-state index contributed by atoms with van der Waals surface area (Å²) in [5.41, 5.74) is 0. The molecular weight excluding hydrogens is 244 g/mol. The van der Waals surface area contributed by atoms with Crippen LogP contribution >= 0.6 is 0 Å². The minimum Gasteiger partial charge on any atom is -0.465 e. The lowest BCUT2D eigenvalue weighted by Gasteiger charge is -2.34. The van der Waals surface area contributed by atoms with Crippen LogP contribution in [-0.4, -0.2) is 56.2 Å². The number of carbonyl (C=O) groups is 1. The minimum absolute atomic E-state index is 0.255. The molecule has 1 aliphatic rings. The zero-order chi connectivity index (χ0) is 13.1. The van der Waals surface area contributed by atoms with Gasteiger partial charge in [-0.3, -0.25) is 4.79 Å². The van der Waals surface area contributed by atoms with Gasteiger partial charge >= 0.3 is 5.97 Å². The van der Waals surface area contributed by atoms with Crippen molar-refractivity contribution >= 4 is 16.0 Å². The molecule has 17 heavy (non-hydrogen) atoms.